The van der Waals surface area contributed by atoms with Gasteiger partial charge in [-0.15, -0.1) is 0 Å². The van der Waals surface area contributed by atoms with Gasteiger partial charge in [-0.3, -0.25) is 9.59 Å². The largest absolute Gasteiger partial charge is 0.495 e. The van der Waals surface area contributed by atoms with E-state index in [2.05, 4.69) is 16.7 Å². The molecule has 0 aliphatic rings. The Kier molecular flexibility index (Phi) is 5.91. The molecule has 0 aromatic heterocycles. The molecule has 0 unspecified atom stereocenters. The van der Waals surface area contributed by atoms with Crippen molar-refractivity contribution in [1.29, 1.82) is 5.26 Å². The van der Waals surface area contributed by atoms with Gasteiger partial charge in [0.25, 0.3) is 5.91 Å². The molecule has 6 heteroatoms. The zero-order chi connectivity index (χ0) is 20.8. The molecule has 6 nitrogen and oxygen atoms in total. The molecule has 0 aliphatic heterocycles. The highest BCUT2D eigenvalue weighted by Gasteiger charge is 2.17. The molecule has 0 saturated carbocycles. The summed E-state index contributed by atoms with van der Waals surface area (Å²) < 4.78 is 5.32. The predicted octanol–water partition coefficient (Wildman–Crippen LogP) is 4.44. The molecular weight excluding hydrogens is 366 g/mol. The van der Waals surface area contributed by atoms with Crippen LogP contribution in [0.3, 0.4) is 0 Å². The van der Waals surface area contributed by atoms with Crippen molar-refractivity contribution in [2.75, 3.05) is 17.7 Å². The van der Waals surface area contributed by atoms with E-state index < -0.39 is 0 Å². The second-order valence-corrected chi connectivity index (χ2v) is 6.25. The highest BCUT2D eigenvalue weighted by molar-refractivity contribution is 6.10. The fraction of sp³-hybridized carbons (Fsp3) is 0.0870. The molecule has 0 fully saturated rings. The van der Waals surface area contributed by atoms with Crippen LogP contribution in [0, 0.1) is 11.3 Å². The minimum Gasteiger partial charge on any atom is -0.495 e. The highest BCUT2D eigenvalue weighted by atomic mass is 16.5. The van der Waals surface area contributed by atoms with Gasteiger partial charge < -0.3 is 15.4 Å². The Bertz CT molecular complexity index is 1120. The van der Waals surface area contributed by atoms with Crippen molar-refractivity contribution in [2.45, 2.75) is 6.92 Å². The molecule has 2 N–H and O–H groups in total. The number of ether oxygens (including phenoxy) is 1. The summed E-state index contributed by atoms with van der Waals surface area (Å²) in [6, 6.07) is 21.3. The number of carbonyl (C=O) groups excluding carboxylic acids is 2. The van der Waals surface area contributed by atoms with Crippen molar-refractivity contribution >= 4 is 23.2 Å². The molecule has 0 saturated heterocycles. The van der Waals surface area contributed by atoms with E-state index in [9.17, 15) is 14.9 Å². The first kappa shape index (κ1) is 19.6. The predicted molar refractivity (Wildman–Crippen MR) is 112 cm³/mol. The zero-order valence-electron chi connectivity index (χ0n) is 16.0. The van der Waals surface area contributed by atoms with E-state index in [1.54, 1.807) is 48.5 Å². The van der Waals surface area contributed by atoms with Crippen LogP contribution in [-0.4, -0.2) is 18.9 Å². The second kappa shape index (κ2) is 8.72. The van der Waals surface area contributed by atoms with Crippen molar-refractivity contribution < 1.29 is 14.3 Å². The Morgan fingerprint density at radius 2 is 1.62 bits per heavy atom. The smallest absolute Gasteiger partial charge is 0.256 e. The molecule has 0 heterocycles. The number of nitrogens with zero attached hydrogens (tertiary/aromatic N) is 1. The molecule has 3 aromatic rings. The first-order chi connectivity index (χ1) is 14.0. The van der Waals surface area contributed by atoms with Crippen molar-refractivity contribution in [3.8, 4) is 22.9 Å². The summed E-state index contributed by atoms with van der Waals surface area (Å²) in [4.78, 5) is 24.4. The van der Waals surface area contributed by atoms with Gasteiger partial charge in [-0.2, -0.15) is 5.26 Å². The number of hydrogen-bond donors (Lipinski definition) is 2. The van der Waals surface area contributed by atoms with Crippen molar-refractivity contribution in [2.24, 2.45) is 0 Å². The summed E-state index contributed by atoms with van der Waals surface area (Å²) in [5, 5.41) is 14.9. The van der Waals surface area contributed by atoms with Crippen LogP contribution in [0.4, 0.5) is 11.4 Å². The van der Waals surface area contributed by atoms with E-state index >= 15 is 0 Å². The number of nitrogens with one attached hydrogen (secondary N) is 2. The van der Waals surface area contributed by atoms with Crippen LogP contribution in [0.25, 0.3) is 11.1 Å². The summed E-state index contributed by atoms with van der Waals surface area (Å²) in [5.74, 6) is -0.111. The summed E-state index contributed by atoms with van der Waals surface area (Å²) in [7, 11) is 1.50. The molecule has 144 valence electrons. The first-order valence-corrected chi connectivity index (χ1v) is 8.89. The third-order valence-electron chi connectivity index (χ3n) is 4.28. The lowest BCUT2D eigenvalue weighted by atomic mass is 9.95. The molecule has 0 radical (unpaired) electrons. The zero-order valence-corrected chi connectivity index (χ0v) is 16.0. The Morgan fingerprint density at radius 3 is 2.31 bits per heavy atom. The SMILES string of the molecule is COc1ccc(NC(C)=O)cc1NC(=O)c1ccccc1-c1ccccc1C#N. The second-order valence-electron chi connectivity index (χ2n) is 6.25. The minimum atomic E-state index is -0.355. The molecule has 0 atom stereocenters. The lowest BCUT2D eigenvalue weighted by Crippen LogP contribution is -2.14. The molecule has 3 aromatic carbocycles. The number of rotatable bonds is 5. The van der Waals surface area contributed by atoms with Crippen LogP contribution in [0.15, 0.2) is 66.7 Å². The number of anilines is 2. The third-order valence-corrected chi connectivity index (χ3v) is 4.28. The maximum Gasteiger partial charge on any atom is 0.256 e. The maximum atomic E-state index is 13.1. The van der Waals surface area contributed by atoms with Crippen LogP contribution >= 0.6 is 0 Å². The monoisotopic (exact) mass is 385 g/mol. The number of amides is 2. The quantitative estimate of drug-likeness (QED) is 0.679. The number of hydrogen-bond acceptors (Lipinski definition) is 4. The van der Waals surface area contributed by atoms with Gasteiger partial charge in [0.05, 0.1) is 24.4 Å². The highest BCUT2D eigenvalue weighted by Crippen LogP contribution is 2.31. The minimum absolute atomic E-state index is 0.217. The van der Waals surface area contributed by atoms with E-state index in [4.69, 9.17) is 4.74 Å². The van der Waals surface area contributed by atoms with E-state index in [0.29, 0.717) is 39.4 Å². The Morgan fingerprint density at radius 1 is 0.931 bits per heavy atom. The lowest BCUT2D eigenvalue weighted by molar-refractivity contribution is -0.114. The molecule has 29 heavy (non-hydrogen) atoms. The molecule has 0 bridgehead atoms. The fourth-order valence-electron chi connectivity index (χ4n) is 3.01. The average Bonchev–Trinajstić information content (AvgIpc) is 2.73. The normalized spacial score (nSPS) is 9.97. The summed E-state index contributed by atoms with van der Waals surface area (Å²) in [5.41, 5.74) is 3.20. The molecule has 0 aliphatic carbocycles. The van der Waals surface area contributed by atoms with Crippen LogP contribution < -0.4 is 15.4 Å². The molecule has 2 amide bonds. The van der Waals surface area contributed by atoms with Gasteiger partial charge in [-0.05, 0) is 35.9 Å². The molecule has 3 rings (SSSR count). The van der Waals surface area contributed by atoms with Gasteiger partial charge in [0.1, 0.15) is 5.75 Å². The van der Waals surface area contributed by atoms with Gasteiger partial charge in [-0.25, -0.2) is 0 Å². The third kappa shape index (κ3) is 4.42. The topological polar surface area (TPSA) is 91.2 Å². The Labute approximate surface area is 168 Å². The average molecular weight is 385 g/mol. The summed E-state index contributed by atoms with van der Waals surface area (Å²) in [6.07, 6.45) is 0. The summed E-state index contributed by atoms with van der Waals surface area (Å²) in [6.45, 7) is 1.41. The van der Waals surface area contributed by atoms with Crippen molar-refractivity contribution in [3.63, 3.8) is 0 Å². The number of methoxy groups -OCH3 is 1. The van der Waals surface area contributed by atoms with Crippen LogP contribution in [-0.2, 0) is 4.79 Å². The van der Waals surface area contributed by atoms with E-state index in [1.807, 2.05) is 18.2 Å². The van der Waals surface area contributed by atoms with E-state index in [1.165, 1.54) is 14.0 Å². The van der Waals surface area contributed by atoms with Gasteiger partial charge in [0, 0.05) is 23.7 Å². The van der Waals surface area contributed by atoms with E-state index in [-0.39, 0.29) is 11.8 Å². The van der Waals surface area contributed by atoms with Crippen molar-refractivity contribution in [1.82, 2.24) is 0 Å². The van der Waals surface area contributed by atoms with Gasteiger partial charge in [0.2, 0.25) is 5.91 Å². The van der Waals surface area contributed by atoms with Crippen molar-refractivity contribution in [3.05, 3.63) is 77.9 Å². The summed E-state index contributed by atoms with van der Waals surface area (Å²) >= 11 is 0. The molecular formula is C23H19N3O3. The van der Waals surface area contributed by atoms with Crippen LogP contribution in [0.2, 0.25) is 0 Å². The Hall–Kier alpha value is -4.11. The standard InChI is InChI=1S/C23H19N3O3/c1-15(27)25-17-11-12-22(29-2)21(13-17)26-23(28)20-10-6-5-9-19(20)18-8-4-3-7-16(18)14-24/h3-13H,1-2H3,(H,25,27)(H,26,28). The van der Waals surface area contributed by atoms with Crippen LogP contribution in [0.1, 0.15) is 22.8 Å². The van der Waals surface area contributed by atoms with Crippen LogP contribution in [0.5, 0.6) is 5.75 Å². The van der Waals surface area contributed by atoms with Gasteiger partial charge >= 0.3 is 0 Å². The number of nitriles is 1. The lowest BCUT2D eigenvalue weighted by Gasteiger charge is -2.14. The number of benzene rings is 3. The van der Waals surface area contributed by atoms with E-state index in [0.717, 1.165) is 0 Å². The fourth-order valence-corrected chi connectivity index (χ4v) is 3.01. The number of carbonyl (C=O) groups is 2. The molecule has 0 spiro atoms. The first-order valence-electron chi connectivity index (χ1n) is 8.89. The van der Waals surface area contributed by atoms with Gasteiger partial charge in [0.15, 0.2) is 0 Å². The Balaban J connectivity index is 1.99. The maximum absolute atomic E-state index is 13.1. The van der Waals surface area contributed by atoms with Gasteiger partial charge in [-0.1, -0.05) is 36.4 Å².